The highest BCUT2D eigenvalue weighted by Crippen LogP contribution is 2.47. The Balaban J connectivity index is 2.53. The number of hydrogen-bond donors (Lipinski definition) is 6. The van der Waals surface area contributed by atoms with Crippen LogP contribution in [0.25, 0.3) is 0 Å². The summed E-state index contributed by atoms with van der Waals surface area (Å²) >= 11 is 0. The molecule has 0 radical (unpaired) electrons. The number of esters is 2. The molecule has 1 aliphatic carbocycles. The first-order chi connectivity index (χ1) is 26.9. The number of hydrogen-bond acceptors (Lipinski definition) is 12. The maximum absolute atomic E-state index is 12.8. The Morgan fingerprint density at radius 3 is 1.54 bits per heavy atom. The number of ether oxygens (including phenoxy) is 2. The van der Waals surface area contributed by atoms with Crippen LogP contribution in [0.15, 0.2) is 36.5 Å². The minimum absolute atomic E-state index is 0.0794. The highest BCUT2D eigenvalue weighted by Gasteiger charge is 2.51. The van der Waals surface area contributed by atoms with Gasteiger partial charge in [0.15, 0.2) is 6.10 Å². The third-order valence-corrected chi connectivity index (χ3v) is 10.7. The topological polar surface area (TPSA) is 210 Å². The Hall–Kier alpha value is -1.93. The average molecular weight is 819 g/mol. The SMILES string of the molecule is CCCCC/C=C/CCCCCCCC(=O)O[C@@H](COC(=O)CCCC/C=C/C/C=C/CCCCCCCC)COP(=O)(O)OC1C(O)C(O)C(O)[C@H](O)C1O. The predicted octanol–water partition coefficient (Wildman–Crippen LogP) is 7.44. The summed E-state index contributed by atoms with van der Waals surface area (Å²) in [5.74, 6) is -1.15. The van der Waals surface area contributed by atoms with Gasteiger partial charge in [0.25, 0.3) is 0 Å². The molecule has 56 heavy (non-hydrogen) atoms. The van der Waals surface area contributed by atoms with Crippen LogP contribution in [0.4, 0.5) is 0 Å². The molecule has 6 N–H and O–H groups in total. The van der Waals surface area contributed by atoms with Gasteiger partial charge in [-0.1, -0.05) is 115 Å². The summed E-state index contributed by atoms with van der Waals surface area (Å²) < 4.78 is 33.4. The van der Waals surface area contributed by atoms with E-state index in [-0.39, 0.29) is 12.8 Å². The molecule has 0 amide bonds. The molecule has 1 fully saturated rings. The lowest BCUT2D eigenvalue weighted by molar-refractivity contribution is -0.220. The van der Waals surface area contributed by atoms with Crippen molar-refractivity contribution >= 4 is 19.8 Å². The summed E-state index contributed by atoms with van der Waals surface area (Å²) in [6.07, 6.45) is 22.2. The van der Waals surface area contributed by atoms with Gasteiger partial charge in [-0.05, 0) is 70.6 Å². The van der Waals surface area contributed by atoms with E-state index in [2.05, 4.69) is 50.3 Å². The quantitative estimate of drug-likeness (QED) is 0.0162. The third-order valence-electron chi connectivity index (χ3n) is 9.70. The fourth-order valence-electron chi connectivity index (χ4n) is 6.19. The van der Waals surface area contributed by atoms with Gasteiger partial charge >= 0.3 is 19.8 Å². The van der Waals surface area contributed by atoms with Gasteiger partial charge in [0.1, 0.15) is 43.2 Å². The van der Waals surface area contributed by atoms with E-state index < -0.39 is 75.7 Å². The fraction of sp³-hybridized carbons (Fsp3) is 0.810. The molecular weight excluding hydrogens is 743 g/mol. The number of aliphatic hydroxyl groups excluding tert-OH is 5. The second-order valence-corrected chi connectivity index (χ2v) is 16.2. The van der Waals surface area contributed by atoms with Crippen LogP contribution in [0, 0.1) is 0 Å². The van der Waals surface area contributed by atoms with Crippen LogP contribution >= 0.6 is 7.82 Å². The zero-order valence-electron chi connectivity index (χ0n) is 34.2. The van der Waals surface area contributed by atoms with Gasteiger partial charge in [0.2, 0.25) is 0 Å². The fourth-order valence-corrected chi connectivity index (χ4v) is 7.17. The number of carbonyl (C=O) groups excluding carboxylic acids is 2. The monoisotopic (exact) mass is 818 g/mol. The van der Waals surface area contributed by atoms with Gasteiger partial charge in [-0.25, -0.2) is 4.57 Å². The van der Waals surface area contributed by atoms with E-state index in [1.54, 1.807) is 0 Å². The number of allylic oxidation sites excluding steroid dienone is 6. The summed E-state index contributed by atoms with van der Waals surface area (Å²) in [5.41, 5.74) is 0. The summed E-state index contributed by atoms with van der Waals surface area (Å²) in [5, 5.41) is 50.0. The van der Waals surface area contributed by atoms with Crippen molar-refractivity contribution in [3.8, 4) is 0 Å². The highest BCUT2D eigenvalue weighted by molar-refractivity contribution is 7.47. The van der Waals surface area contributed by atoms with Crippen molar-refractivity contribution in [2.75, 3.05) is 13.2 Å². The van der Waals surface area contributed by atoms with Crippen molar-refractivity contribution in [1.82, 2.24) is 0 Å². The van der Waals surface area contributed by atoms with Crippen molar-refractivity contribution in [3.63, 3.8) is 0 Å². The molecule has 0 saturated heterocycles. The number of aliphatic hydroxyl groups is 5. The van der Waals surface area contributed by atoms with E-state index in [0.717, 1.165) is 64.2 Å². The first-order valence-electron chi connectivity index (χ1n) is 21.3. The maximum Gasteiger partial charge on any atom is 0.472 e. The van der Waals surface area contributed by atoms with E-state index in [0.29, 0.717) is 12.8 Å². The minimum atomic E-state index is -5.12. The van der Waals surface area contributed by atoms with Gasteiger partial charge in [-0.3, -0.25) is 18.6 Å². The Morgan fingerprint density at radius 1 is 0.554 bits per heavy atom. The van der Waals surface area contributed by atoms with Crippen LogP contribution in [-0.2, 0) is 32.7 Å². The zero-order chi connectivity index (χ0) is 41.4. The van der Waals surface area contributed by atoms with Crippen LogP contribution < -0.4 is 0 Å². The molecule has 13 nitrogen and oxygen atoms in total. The molecule has 0 aromatic heterocycles. The van der Waals surface area contributed by atoms with E-state index in [4.69, 9.17) is 18.5 Å². The number of phosphoric acid groups is 1. The normalized spacial score (nSPS) is 23.2. The molecule has 0 aromatic rings. The Labute approximate surface area is 336 Å². The van der Waals surface area contributed by atoms with Crippen LogP contribution in [0.5, 0.6) is 0 Å². The Bertz CT molecular complexity index is 1130. The molecule has 0 spiro atoms. The minimum Gasteiger partial charge on any atom is -0.462 e. The summed E-state index contributed by atoms with van der Waals surface area (Å²) in [6, 6.07) is 0. The van der Waals surface area contributed by atoms with E-state index in [1.165, 1.54) is 57.8 Å². The largest absolute Gasteiger partial charge is 0.472 e. The first kappa shape index (κ1) is 52.1. The summed E-state index contributed by atoms with van der Waals surface area (Å²) in [7, 11) is -5.12. The number of carbonyl (C=O) groups is 2. The molecule has 1 saturated carbocycles. The Morgan fingerprint density at radius 2 is 0.964 bits per heavy atom. The molecule has 6 unspecified atom stereocenters. The van der Waals surface area contributed by atoms with Gasteiger partial charge in [-0.15, -0.1) is 0 Å². The van der Waals surface area contributed by atoms with Crippen LogP contribution in [-0.4, -0.2) is 98.3 Å². The average Bonchev–Trinajstić information content (AvgIpc) is 3.18. The van der Waals surface area contributed by atoms with Crippen molar-refractivity contribution in [3.05, 3.63) is 36.5 Å². The van der Waals surface area contributed by atoms with Gasteiger partial charge in [-0.2, -0.15) is 0 Å². The molecule has 0 heterocycles. The lowest BCUT2D eigenvalue weighted by Gasteiger charge is -2.41. The molecule has 1 aliphatic rings. The lowest BCUT2D eigenvalue weighted by Crippen LogP contribution is -2.64. The van der Waals surface area contributed by atoms with E-state index >= 15 is 0 Å². The zero-order valence-corrected chi connectivity index (χ0v) is 35.1. The van der Waals surface area contributed by atoms with E-state index in [9.17, 15) is 44.6 Å². The molecule has 326 valence electrons. The smallest absolute Gasteiger partial charge is 0.462 e. The molecule has 8 atom stereocenters. The standard InChI is InChI=1S/C42H75O13P/c1-3-5-7-9-11-13-15-17-18-19-21-22-24-26-28-30-35(43)52-32-34(54-36(44)31-29-27-25-23-20-16-14-12-10-8-6-4-2)33-53-56(50,51)55-42-40(48)38(46)37(45)39(47)41(42)49/h12,14,17-18,21-22,34,37-42,45-49H,3-11,13,15-16,19-20,23-33H2,1-2H3,(H,50,51)/b14-12+,18-17+,22-21+/t34-,37?,38-,39?,40?,41?,42?/m0/s1. The van der Waals surface area contributed by atoms with Crippen LogP contribution in [0.1, 0.15) is 162 Å². The predicted molar refractivity (Wildman–Crippen MR) is 216 cm³/mol. The third kappa shape index (κ3) is 25.4. The summed E-state index contributed by atoms with van der Waals surface area (Å²) in [4.78, 5) is 35.5. The maximum atomic E-state index is 12.8. The van der Waals surface area contributed by atoms with Crippen molar-refractivity contribution in [1.29, 1.82) is 0 Å². The molecule has 0 bridgehead atoms. The Kier molecular flexibility index (Phi) is 30.7. The number of rotatable bonds is 34. The van der Waals surface area contributed by atoms with Crippen molar-refractivity contribution < 1.29 is 63.1 Å². The van der Waals surface area contributed by atoms with Crippen molar-refractivity contribution in [2.24, 2.45) is 0 Å². The summed E-state index contributed by atoms with van der Waals surface area (Å²) in [6.45, 7) is 3.21. The first-order valence-corrected chi connectivity index (χ1v) is 22.8. The molecule has 1 rings (SSSR count). The van der Waals surface area contributed by atoms with Gasteiger partial charge in [0, 0.05) is 12.8 Å². The molecular formula is C42H75O13P. The number of unbranched alkanes of at least 4 members (excludes halogenated alkanes) is 16. The number of phosphoric ester groups is 1. The van der Waals surface area contributed by atoms with Crippen LogP contribution in [0.2, 0.25) is 0 Å². The highest BCUT2D eigenvalue weighted by atomic mass is 31.2. The van der Waals surface area contributed by atoms with E-state index in [1.807, 2.05) is 0 Å². The molecule has 0 aromatic carbocycles. The van der Waals surface area contributed by atoms with Gasteiger partial charge in [0.05, 0.1) is 6.61 Å². The van der Waals surface area contributed by atoms with Crippen molar-refractivity contribution in [2.45, 2.75) is 204 Å². The lowest BCUT2D eigenvalue weighted by atomic mass is 9.85. The van der Waals surface area contributed by atoms with Gasteiger partial charge < -0.3 is 39.9 Å². The second-order valence-electron chi connectivity index (χ2n) is 14.8. The molecule has 0 aliphatic heterocycles. The molecule has 14 heteroatoms. The second kappa shape index (κ2) is 33.0. The van der Waals surface area contributed by atoms with Crippen LogP contribution in [0.3, 0.4) is 0 Å².